The predicted octanol–water partition coefficient (Wildman–Crippen LogP) is 5.18. The molecular weight excluding hydrogens is 460 g/mol. The number of carbonyl (C=O) groups is 2. The van der Waals surface area contributed by atoms with Crippen LogP contribution in [0.4, 0.5) is 4.79 Å². The molecule has 0 heterocycles. The fraction of sp³-hybridized carbons (Fsp3) is 0.667. The first-order chi connectivity index (χ1) is 15.1. The lowest BCUT2D eigenvalue weighted by atomic mass is 10.2. The number of halogens is 1. The summed E-state index contributed by atoms with van der Waals surface area (Å²) < 4.78 is 17.2. The van der Waals surface area contributed by atoms with E-state index in [0.29, 0.717) is 13.1 Å². The topological polar surface area (TPSA) is 77.1 Å². The van der Waals surface area contributed by atoms with E-state index in [0.717, 1.165) is 11.3 Å². The van der Waals surface area contributed by atoms with Gasteiger partial charge in [-0.2, -0.15) is 0 Å². The number of hydrogen-bond donors (Lipinski definition) is 1. The molecule has 1 aromatic rings. The Morgan fingerprint density at radius 1 is 1.09 bits per heavy atom. The van der Waals surface area contributed by atoms with Gasteiger partial charge in [0.2, 0.25) is 5.91 Å². The van der Waals surface area contributed by atoms with Gasteiger partial charge in [-0.1, -0.05) is 32.9 Å². The molecule has 0 radical (unpaired) electrons. The fourth-order valence-corrected chi connectivity index (χ4v) is 4.30. The Hall–Kier alpha value is -1.77. The monoisotopic (exact) mass is 500 g/mol. The molecule has 2 amide bonds. The summed E-state index contributed by atoms with van der Waals surface area (Å²) in [5.41, 5.74) is 0.343. The van der Waals surface area contributed by atoms with Crippen molar-refractivity contribution in [3.8, 4) is 5.75 Å². The number of amides is 2. The highest BCUT2D eigenvalue weighted by Gasteiger charge is 2.40. The van der Waals surface area contributed by atoms with E-state index in [1.807, 2.05) is 45.0 Å². The lowest BCUT2D eigenvalue weighted by Gasteiger charge is -2.40. The number of carbonyl (C=O) groups excluding carboxylic acids is 2. The Kier molecular flexibility index (Phi) is 10.7. The van der Waals surface area contributed by atoms with Crippen molar-refractivity contribution in [2.75, 3.05) is 26.1 Å². The fourth-order valence-electron chi connectivity index (χ4n) is 2.78. The van der Waals surface area contributed by atoms with Gasteiger partial charge in [-0.05, 0) is 56.6 Å². The van der Waals surface area contributed by atoms with Gasteiger partial charge in [0, 0.05) is 19.6 Å². The highest BCUT2D eigenvalue weighted by Crippen LogP contribution is 2.37. The second-order valence-corrected chi connectivity index (χ2v) is 15.7. The largest absolute Gasteiger partial charge is 0.497 e. The van der Waals surface area contributed by atoms with Crippen LogP contribution in [0.3, 0.4) is 0 Å². The van der Waals surface area contributed by atoms with Gasteiger partial charge in [-0.25, -0.2) is 4.79 Å². The highest BCUT2D eigenvalue weighted by molar-refractivity contribution is 6.74. The second-order valence-electron chi connectivity index (χ2n) is 10.6. The average Bonchev–Trinajstić information content (AvgIpc) is 2.69. The summed E-state index contributed by atoms with van der Waals surface area (Å²) in [7, 11) is -0.573. The molecule has 0 saturated heterocycles. The predicted molar refractivity (Wildman–Crippen MR) is 135 cm³/mol. The van der Waals surface area contributed by atoms with Crippen molar-refractivity contribution in [1.82, 2.24) is 10.2 Å². The number of alkyl carbamates (subject to hydrolysis) is 1. The molecule has 9 heteroatoms. The maximum Gasteiger partial charge on any atom is 0.407 e. The molecule has 33 heavy (non-hydrogen) atoms. The number of benzene rings is 1. The number of nitrogens with zero attached hydrogens (tertiary/aromatic N) is 1. The summed E-state index contributed by atoms with van der Waals surface area (Å²) in [5, 5.41) is 2.77. The minimum absolute atomic E-state index is 0.0333. The number of methoxy groups -OCH3 is 1. The molecular formula is C24H41ClN2O5Si. The van der Waals surface area contributed by atoms with Crippen molar-refractivity contribution in [2.45, 2.75) is 77.9 Å². The molecule has 0 aromatic heterocycles. The van der Waals surface area contributed by atoms with Crippen LogP contribution in [-0.2, 0) is 20.5 Å². The van der Waals surface area contributed by atoms with Gasteiger partial charge in [-0.15, -0.1) is 11.6 Å². The summed E-state index contributed by atoms with van der Waals surface area (Å²) in [4.78, 5) is 26.6. The first-order valence-corrected chi connectivity index (χ1v) is 14.6. The van der Waals surface area contributed by atoms with E-state index in [9.17, 15) is 9.59 Å². The van der Waals surface area contributed by atoms with Crippen LogP contribution in [0.25, 0.3) is 0 Å². The number of hydrogen-bond acceptors (Lipinski definition) is 5. The summed E-state index contributed by atoms with van der Waals surface area (Å²) in [6.07, 6.45) is -0.930. The molecule has 1 aromatic carbocycles. The molecule has 0 fully saturated rings. The first kappa shape index (κ1) is 29.3. The van der Waals surface area contributed by atoms with E-state index in [1.165, 1.54) is 0 Å². The van der Waals surface area contributed by atoms with Crippen molar-refractivity contribution in [1.29, 1.82) is 0 Å². The number of alkyl halides is 1. The van der Waals surface area contributed by atoms with E-state index >= 15 is 0 Å². The third kappa shape index (κ3) is 10.4. The Morgan fingerprint density at radius 2 is 1.67 bits per heavy atom. The molecule has 0 spiro atoms. The molecule has 0 aliphatic rings. The SMILES string of the molecule is COc1ccc(CN(CC(CNC(=O)OC(C)(C)C)O[Si](C)(C)C(C)(C)C)C(=O)CCl)cc1. The number of nitrogens with one attached hydrogen (secondary N) is 1. The molecule has 0 aliphatic carbocycles. The van der Waals surface area contributed by atoms with Crippen LogP contribution in [-0.4, -0.2) is 63.0 Å². The van der Waals surface area contributed by atoms with E-state index < -0.39 is 26.1 Å². The van der Waals surface area contributed by atoms with Crippen LogP contribution in [0.5, 0.6) is 5.75 Å². The quantitative estimate of drug-likeness (QED) is 0.354. The van der Waals surface area contributed by atoms with E-state index in [4.69, 9.17) is 25.5 Å². The molecule has 1 unspecified atom stereocenters. The van der Waals surface area contributed by atoms with Crippen LogP contribution in [0.2, 0.25) is 18.1 Å². The number of rotatable bonds is 10. The average molecular weight is 501 g/mol. The molecule has 1 rings (SSSR count). The molecule has 1 atom stereocenters. The Labute approximate surface area is 205 Å². The minimum Gasteiger partial charge on any atom is -0.497 e. The molecule has 0 aliphatic heterocycles. The van der Waals surface area contributed by atoms with Gasteiger partial charge in [-0.3, -0.25) is 4.79 Å². The van der Waals surface area contributed by atoms with Gasteiger partial charge in [0.15, 0.2) is 8.32 Å². The van der Waals surface area contributed by atoms with E-state index in [-0.39, 0.29) is 23.4 Å². The van der Waals surface area contributed by atoms with Crippen LogP contribution in [0.15, 0.2) is 24.3 Å². The lowest BCUT2D eigenvalue weighted by molar-refractivity contribution is -0.130. The zero-order valence-electron chi connectivity index (χ0n) is 21.6. The molecule has 1 N–H and O–H groups in total. The van der Waals surface area contributed by atoms with Crippen molar-refractivity contribution in [2.24, 2.45) is 0 Å². The summed E-state index contributed by atoms with van der Waals surface area (Å²) in [6, 6.07) is 7.53. The number of ether oxygens (including phenoxy) is 2. The van der Waals surface area contributed by atoms with E-state index in [2.05, 4.69) is 39.2 Å². The Bertz CT molecular complexity index is 773. The standard InChI is InChI=1S/C24H41ClN2O5Si/c1-23(2,3)31-22(29)26-15-20(32-33(8,9)24(4,5)6)17-27(21(28)14-25)16-18-10-12-19(30-7)13-11-18/h10-13,20H,14-17H2,1-9H3,(H,26,29). The molecule has 0 bridgehead atoms. The maximum absolute atomic E-state index is 12.7. The normalized spacial score (nSPS) is 13.3. The van der Waals surface area contributed by atoms with Crippen LogP contribution in [0, 0.1) is 0 Å². The molecule has 0 saturated carbocycles. The molecule has 7 nitrogen and oxygen atoms in total. The van der Waals surface area contributed by atoms with Crippen molar-refractivity contribution < 1.29 is 23.5 Å². The summed E-state index contributed by atoms with van der Waals surface area (Å²) in [6.45, 7) is 17.1. The zero-order valence-corrected chi connectivity index (χ0v) is 23.3. The summed E-state index contributed by atoms with van der Waals surface area (Å²) >= 11 is 5.92. The summed E-state index contributed by atoms with van der Waals surface area (Å²) in [5.74, 6) is 0.408. The zero-order chi connectivity index (χ0) is 25.4. The highest BCUT2D eigenvalue weighted by atomic mass is 35.5. The van der Waals surface area contributed by atoms with Crippen LogP contribution >= 0.6 is 11.6 Å². The van der Waals surface area contributed by atoms with Gasteiger partial charge in [0.05, 0.1) is 13.2 Å². The van der Waals surface area contributed by atoms with Crippen molar-refractivity contribution >= 4 is 31.9 Å². The van der Waals surface area contributed by atoms with Gasteiger partial charge in [0.1, 0.15) is 17.2 Å². The lowest BCUT2D eigenvalue weighted by Crippen LogP contribution is -2.51. The molecule has 188 valence electrons. The first-order valence-electron chi connectivity index (χ1n) is 11.2. The second kappa shape index (κ2) is 12.1. The minimum atomic E-state index is -2.18. The Balaban J connectivity index is 3.06. The maximum atomic E-state index is 12.7. The van der Waals surface area contributed by atoms with Crippen molar-refractivity contribution in [3.63, 3.8) is 0 Å². The van der Waals surface area contributed by atoms with E-state index in [1.54, 1.807) is 12.0 Å². The van der Waals surface area contributed by atoms with Gasteiger partial charge < -0.3 is 24.1 Å². The van der Waals surface area contributed by atoms with Crippen LogP contribution < -0.4 is 10.1 Å². The van der Waals surface area contributed by atoms with Crippen molar-refractivity contribution in [3.05, 3.63) is 29.8 Å². The third-order valence-electron chi connectivity index (χ3n) is 5.56. The Morgan fingerprint density at radius 3 is 2.12 bits per heavy atom. The van der Waals surface area contributed by atoms with Gasteiger partial charge in [0.25, 0.3) is 0 Å². The smallest absolute Gasteiger partial charge is 0.407 e. The third-order valence-corrected chi connectivity index (χ3v) is 10.3. The van der Waals surface area contributed by atoms with Gasteiger partial charge >= 0.3 is 6.09 Å². The van der Waals surface area contributed by atoms with Crippen LogP contribution in [0.1, 0.15) is 47.1 Å².